The Balaban J connectivity index is 2.71. The maximum Gasteiger partial charge on any atom is 0.0571 e. The summed E-state index contributed by atoms with van der Waals surface area (Å²) in [6.45, 7) is 4.75. The van der Waals surface area contributed by atoms with Crippen molar-refractivity contribution in [3.63, 3.8) is 0 Å². The first kappa shape index (κ1) is 8.23. The maximum atomic E-state index is 8.58. The standard InChI is InChI=1S/C7H13N3O/c1-3-10-5-7(4-8-10)6(2)9-11/h4-6,9,11H,3H2,1-2H3. The highest BCUT2D eigenvalue weighted by Crippen LogP contribution is 2.08. The molecule has 2 N–H and O–H groups in total. The Morgan fingerprint density at radius 1 is 1.82 bits per heavy atom. The molecule has 0 saturated carbocycles. The quantitative estimate of drug-likeness (QED) is 0.639. The summed E-state index contributed by atoms with van der Waals surface area (Å²) in [4.78, 5) is 0. The van der Waals surface area contributed by atoms with Gasteiger partial charge in [-0.25, -0.2) is 0 Å². The fourth-order valence-electron chi connectivity index (χ4n) is 0.851. The molecule has 11 heavy (non-hydrogen) atoms. The van der Waals surface area contributed by atoms with E-state index in [9.17, 15) is 0 Å². The van der Waals surface area contributed by atoms with Gasteiger partial charge < -0.3 is 5.21 Å². The van der Waals surface area contributed by atoms with Gasteiger partial charge in [0.05, 0.1) is 12.2 Å². The molecule has 1 unspecified atom stereocenters. The first-order valence-electron chi connectivity index (χ1n) is 3.70. The zero-order valence-corrected chi connectivity index (χ0v) is 6.78. The van der Waals surface area contributed by atoms with Gasteiger partial charge in [-0.15, -0.1) is 0 Å². The first-order chi connectivity index (χ1) is 5.27. The van der Waals surface area contributed by atoms with E-state index in [2.05, 4.69) is 10.6 Å². The third-order valence-corrected chi connectivity index (χ3v) is 1.67. The number of hydrogen-bond acceptors (Lipinski definition) is 3. The van der Waals surface area contributed by atoms with Crippen molar-refractivity contribution in [3.8, 4) is 0 Å². The van der Waals surface area contributed by atoms with Crippen molar-refractivity contribution in [2.24, 2.45) is 0 Å². The summed E-state index contributed by atoms with van der Waals surface area (Å²) < 4.78 is 1.82. The number of aromatic nitrogens is 2. The predicted molar refractivity (Wildman–Crippen MR) is 41.2 cm³/mol. The van der Waals surface area contributed by atoms with Crippen molar-refractivity contribution in [2.45, 2.75) is 26.4 Å². The monoisotopic (exact) mass is 155 g/mol. The second-order valence-electron chi connectivity index (χ2n) is 2.48. The minimum atomic E-state index is -0.0460. The molecule has 0 aliphatic heterocycles. The zero-order chi connectivity index (χ0) is 8.27. The van der Waals surface area contributed by atoms with Gasteiger partial charge in [0, 0.05) is 18.3 Å². The van der Waals surface area contributed by atoms with Crippen molar-refractivity contribution >= 4 is 0 Å². The smallest absolute Gasteiger partial charge is 0.0571 e. The molecular weight excluding hydrogens is 142 g/mol. The molecule has 62 valence electrons. The average molecular weight is 155 g/mol. The molecule has 4 heteroatoms. The highest BCUT2D eigenvalue weighted by atomic mass is 16.5. The van der Waals surface area contributed by atoms with Gasteiger partial charge in [0.1, 0.15) is 0 Å². The Hall–Kier alpha value is -0.870. The van der Waals surface area contributed by atoms with Gasteiger partial charge in [-0.3, -0.25) is 4.68 Å². The fourth-order valence-corrected chi connectivity index (χ4v) is 0.851. The minimum absolute atomic E-state index is 0.0460. The number of nitrogens with one attached hydrogen (secondary N) is 1. The van der Waals surface area contributed by atoms with Crippen LogP contribution in [0, 0.1) is 0 Å². The van der Waals surface area contributed by atoms with E-state index in [-0.39, 0.29) is 6.04 Å². The predicted octanol–water partition coefficient (Wildman–Crippen LogP) is 0.943. The second-order valence-corrected chi connectivity index (χ2v) is 2.48. The van der Waals surface area contributed by atoms with Crippen LogP contribution in [0.5, 0.6) is 0 Å². The van der Waals surface area contributed by atoms with Gasteiger partial charge >= 0.3 is 0 Å². The van der Waals surface area contributed by atoms with Crippen LogP contribution in [-0.2, 0) is 6.54 Å². The Labute approximate surface area is 65.8 Å². The molecule has 1 atom stereocenters. The summed E-state index contributed by atoms with van der Waals surface area (Å²) in [6, 6.07) is -0.0460. The van der Waals surface area contributed by atoms with Crippen LogP contribution < -0.4 is 5.48 Å². The molecule has 0 fully saturated rings. The molecule has 0 aromatic carbocycles. The molecule has 0 aliphatic carbocycles. The van der Waals surface area contributed by atoms with Crippen LogP contribution in [0.1, 0.15) is 25.5 Å². The Kier molecular flexibility index (Phi) is 2.62. The molecule has 1 aromatic rings. The van der Waals surface area contributed by atoms with E-state index in [0.717, 1.165) is 12.1 Å². The number of rotatable bonds is 3. The van der Waals surface area contributed by atoms with Crippen LogP contribution in [-0.4, -0.2) is 15.0 Å². The third kappa shape index (κ3) is 1.78. The molecule has 1 aromatic heterocycles. The molecule has 0 saturated heterocycles. The van der Waals surface area contributed by atoms with Crippen molar-refractivity contribution < 1.29 is 5.21 Å². The van der Waals surface area contributed by atoms with Crippen LogP contribution >= 0.6 is 0 Å². The number of aryl methyl sites for hydroxylation is 1. The first-order valence-corrected chi connectivity index (χ1v) is 3.70. The van der Waals surface area contributed by atoms with Gasteiger partial charge in [0.2, 0.25) is 0 Å². The van der Waals surface area contributed by atoms with Crippen molar-refractivity contribution in [3.05, 3.63) is 18.0 Å². The van der Waals surface area contributed by atoms with Crippen molar-refractivity contribution in [1.82, 2.24) is 15.3 Å². The van der Waals surface area contributed by atoms with Crippen LogP contribution in [0.2, 0.25) is 0 Å². The lowest BCUT2D eigenvalue weighted by molar-refractivity contribution is 0.133. The van der Waals surface area contributed by atoms with Crippen LogP contribution in [0.25, 0.3) is 0 Å². The fraction of sp³-hybridized carbons (Fsp3) is 0.571. The molecule has 1 rings (SSSR count). The van der Waals surface area contributed by atoms with E-state index in [0.29, 0.717) is 0 Å². The molecule has 0 aliphatic rings. The molecule has 4 nitrogen and oxygen atoms in total. The Bertz CT molecular complexity index is 221. The van der Waals surface area contributed by atoms with E-state index in [1.165, 1.54) is 0 Å². The number of nitrogens with zero attached hydrogens (tertiary/aromatic N) is 2. The van der Waals surface area contributed by atoms with Gasteiger partial charge in [0.15, 0.2) is 0 Å². The van der Waals surface area contributed by atoms with Crippen LogP contribution in [0.4, 0.5) is 0 Å². The Morgan fingerprint density at radius 2 is 2.55 bits per heavy atom. The SMILES string of the molecule is CCn1cc(C(C)NO)cn1. The summed E-state index contributed by atoms with van der Waals surface area (Å²) >= 11 is 0. The third-order valence-electron chi connectivity index (χ3n) is 1.67. The number of hydrogen-bond donors (Lipinski definition) is 2. The molecule has 0 radical (unpaired) electrons. The summed E-state index contributed by atoms with van der Waals surface area (Å²) in [5.41, 5.74) is 3.16. The lowest BCUT2D eigenvalue weighted by atomic mass is 10.2. The number of hydroxylamine groups is 1. The Morgan fingerprint density at radius 3 is 3.00 bits per heavy atom. The van der Waals surface area contributed by atoms with Gasteiger partial charge in [-0.1, -0.05) is 0 Å². The summed E-state index contributed by atoms with van der Waals surface area (Å²) in [6.07, 6.45) is 3.66. The molecule has 0 bridgehead atoms. The topological polar surface area (TPSA) is 50.1 Å². The molecule has 0 amide bonds. The van der Waals surface area contributed by atoms with Gasteiger partial charge in [-0.2, -0.15) is 10.6 Å². The van der Waals surface area contributed by atoms with E-state index >= 15 is 0 Å². The normalized spacial score (nSPS) is 13.4. The summed E-state index contributed by atoms with van der Waals surface area (Å²) in [5.74, 6) is 0. The maximum absolute atomic E-state index is 8.58. The van der Waals surface area contributed by atoms with Crippen LogP contribution in [0.15, 0.2) is 12.4 Å². The lowest BCUT2D eigenvalue weighted by Crippen LogP contribution is -2.12. The second kappa shape index (κ2) is 3.50. The zero-order valence-electron chi connectivity index (χ0n) is 6.78. The van der Waals surface area contributed by atoms with Crippen molar-refractivity contribution in [2.75, 3.05) is 0 Å². The average Bonchev–Trinajstić information content (AvgIpc) is 2.50. The highest BCUT2D eigenvalue weighted by molar-refractivity contribution is 5.08. The summed E-state index contributed by atoms with van der Waals surface area (Å²) in [5, 5.41) is 12.7. The lowest BCUT2D eigenvalue weighted by Gasteiger charge is -2.03. The molecule has 1 heterocycles. The van der Waals surface area contributed by atoms with Crippen molar-refractivity contribution in [1.29, 1.82) is 0 Å². The van der Waals surface area contributed by atoms with E-state index < -0.39 is 0 Å². The van der Waals surface area contributed by atoms with E-state index in [4.69, 9.17) is 5.21 Å². The van der Waals surface area contributed by atoms with Gasteiger partial charge in [0.25, 0.3) is 0 Å². The minimum Gasteiger partial charge on any atom is -0.316 e. The van der Waals surface area contributed by atoms with E-state index in [1.54, 1.807) is 6.20 Å². The van der Waals surface area contributed by atoms with Crippen LogP contribution in [0.3, 0.4) is 0 Å². The summed E-state index contributed by atoms with van der Waals surface area (Å²) in [7, 11) is 0. The molecule has 0 spiro atoms. The largest absolute Gasteiger partial charge is 0.316 e. The molecular formula is C7H13N3O. The van der Waals surface area contributed by atoms with Gasteiger partial charge in [-0.05, 0) is 13.8 Å². The van der Waals surface area contributed by atoms with E-state index in [1.807, 2.05) is 24.7 Å². The highest BCUT2D eigenvalue weighted by Gasteiger charge is 2.04.